The first-order valence-electron chi connectivity index (χ1n) is 2.41. The van der Waals surface area contributed by atoms with Crippen molar-refractivity contribution in [2.45, 2.75) is 4.90 Å². The Balaban J connectivity index is 0.000001000. The average Bonchev–Trinajstić information content (AvgIpc) is 1.88. The second-order valence-electron chi connectivity index (χ2n) is 1.53. The van der Waals surface area contributed by atoms with Crippen molar-refractivity contribution in [3.63, 3.8) is 0 Å². The first-order valence-corrected chi connectivity index (χ1v) is 3.49. The van der Waals surface area contributed by atoms with Crippen LogP contribution in [0.4, 0.5) is 4.39 Å². The van der Waals surface area contributed by atoms with E-state index in [0.29, 0.717) is 0 Å². The van der Waals surface area contributed by atoms with E-state index in [1.54, 1.807) is 0 Å². The summed E-state index contributed by atoms with van der Waals surface area (Å²) in [6.07, 6.45) is 1.19. The smallest absolute Gasteiger partial charge is 0.768 e. The van der Waals surface area contributed by atoms with Crippen molar-refractivity contribution in [2.24, 2.45) is 0 Å². The summed E-state index contributed by atoms with van der Waals surface area (Å²) < 4.78 is 32.6. The number of aromatic nitrogens is 1. The van der Waals surface area contributed by atoms with Crippen molar-refractivity contribution >= 4 is 11.1 Å². The zero-order valence-electron chi connectivity index (χ0n) is 5.78. The van der Waals surface area contributed by atoms with Gasteiger partial charge in [-0.25, -0.2) is 4.98 Å². The van der Waals surface area contributed by atoms with Crippen LogP contribution in [0.3, 0.4) is 0 Å². The molecule has 0 aliphatic heterocycles. The predicted octanol–water partition coefficient (Wildman–Crippen LogP) is -2.54. The molecule has 0 fully saturated rings. The molecule has 0 aromatic carbocycles. The molecule has 1 aromatic heterocycles. The number of halogens is 1. The maximum atomic E-state index is 12.3. The standard InChI is InChI=1S/C5H4FNO2S.Na/c6-5-4(10(8)9)2-1-3-7-5;/h1-3H,(H,8,9);/q;+1/p-1. The molecular formula is C5H3FNNaO2S. The van der Waals surface area contributed by atoms with Crippen molar-refractivity contribution in [2.75, 3.05) is 0 Å². The molecule has 1 aromatic rings. The van der Waals surface area contributed by atoms with Crippen LogP contribution in [0.2, 0.25) is 0 Å². The van der Waals surface area contributed by atoms with Crippen LogP contribution < -0.4 is 29.6 Å². The van der Waals surface area contributed by atoms with E-state index in [2.05, 4.69) is 4.98 Å². The third kappa shape index (κ3) is 2.96. The van der Waals surface area contributed by atoms with E-state index in [-0.39, 0.29) is 29.6 Å². The van der Waals surface area contributed by atoms with E-state index < -0.39 is 21.9 Å². The van der Waals surface area contributed by atoms with Crippen LogP contribution in [0.5, 0.6) is 0 Å². The third-order valence-corrected chi connectivity index (χ3v) is 1.57. The molecule has 0 aliphatic rings. The zero-order valence-corrected chi connectivity index (χ0v) is 8.60. The van der Waals surface area contributed by atoms with Gasteiger partial charge >= 0.3 is 29.6 Å². The van der Waals surface area contributed by atoms with Gasteiger partial charge in [0, 0.05) is 6.20 Å². The number of hydrogen-bond donors (Lipinski definition) is 0. The second-order valence-corrected chi connectivity index (χ2v) is 2.44. The molecule has 1 unspecified atom stereocenters. The minimum absolute atomic E-state index is 0. The second kappa shape index (κ2) is 4.95. The summed E-state index contributed by atoms with van der Waals surface area (Å²) in [5, 5.41) is 0. The van der Waals surface area contributed by atoms with Crippen LogP contribution in [0.15, 0.2) is 23.2 Å². The summed E-state index contributed by atoms with van der Waals surface area (Å²) in [5.41, 5.74) is 0. The fourth-order valence-corrected chi connectivity index (χ4v) is 0.876. The minimum atomic E-state index is -2.53. The quantitative estimate of drug-likeness (QED) is 0.274. The molecule has 11 heavy (non-hydrogen) atoms. The van der Waals surface area contributed by atoms with Crippen LogP contribution in [-0.4, -0.2) is 13.7 Å². The molecule has 6 heteroatoms. The molecule has 0 aliphatic carbocycles. The first-order chi connectivity index (χ1) is 4.72. The monoisotopic (exact) mass is 183 g/mol. The Morgan fingerprint density at radius 2 is 2.27 bits per heavy atom. The summed E-state index contributed by atoms with van der Waals surface area (Å²) in [6.45, 7) is 0. The van der Waals surface area contributed by atoms with Gasteiger partial charge in [-0.3, -0.25) is 4.21 Å². The molecule has 3 nitrogen and oxygen atoms in total. The van der Waals surface area contributed by atoms with Gasteiger partial charge in [0.2, 0.25) is 5.95 Å². The molecule has 0 bridgehead atoms. The fourth-order valence-electron chi connectivity index (χ4n) is 0.496. The molecule has 0 N–H and O–H groups in total. The minimum Gasteiger partial charge on any atom is -0.768 e. The number of nitrogens with zero attached hydrogens (tertiary/aromatic N) is 1. The Hall–Kier alpha value is 0.190. The molecule has 0 saturated carbocycles. The molecule has 54 valence electrons. The van der Waals surface area contributed by atoms with Gasteiger partial charge in [-0.15, -0.1) is 0 Å². The maximum absolute atomic E-state index is 12.3. The number of rotatable bonds is 1. The van der Waals surface area contributed by atoms with Crippen LogP contribution in [0.25, 0.3) is 0 Å². The zero-order chi connectivity index (χ0) is 7.56. The summed E-state index contributed by atoms with van der Waals surface area (Å²) in [7, 11) is 0. The van der Waals surface area contributed by atoms with Crippen molar-refractivity contribution in [3.05, 3.63) is 24.3 Å². The SMILES string of the molecule is O=S([O-])c1cccnc1F.[Na+]. The van der Waals surface area contributed by atoms with Crippen molar-refractivity contribution in [3.8, 4) is 0 Å². The normalized spacial score (nSPS) is 11.8. The number of pyridine rings is 1. The average molecular weight is 183 g/mol. The van der Waals surface area contributed by atoms with Gasteiger partial charge < -0.3 is 4.55 Å². The van der Waals surface area contributed by atoms with Gasteiger partial charge in [-0.2, -0.15) is 4.39 Å². The summed E-state index contributed by atoms with van der Waals surface area (Å²) in [6, 6.07) is 2.50. The molecule has 1 heterocycles. The van der Waals surface area contributed by atoms with Gasteiger partial charge in [-0.1, -0.05) is 0 Å². The first kappa shape index (κ1) is 11.2. The van der Waals surface area contributed by atoms with Crippen molar-refractivity contribution in [1.82, 2.24) is 4.98 Å². The van der Waals surface area contributed by atoms with E-state index >= 15 is 0 Å². The van der Waals surface area contributed by atoms with Crippen LogP contribution in [0, 0.1) is 5.95 Å². The largest absolute Gasteiger partial charge is 1.00 e. The van der Waals surface area contributed by atoms with Gasteiger partial charge in [0.1, 0.15) is 0 Å². The van der Waals surface area contributed by atoms with Gasteiger partial charge in [0.05, 0.1) is 4.90 Å². The third-order valence-electron chi connectivity index (χ3n) is 0.904. The van der Waals surface area contributed by atoms with E-state index in [9.17, 15) is 13.2 Å². The van der Waals surface area contributed by atoms with Crippen LogP contribution in [-0.2, 0) is 11.1 Å². The van der Waals surface area contributed by atoms with Gasteiger partial charge in [0.15, 0.2) is 0 Å². The summed E-state index contributed by atoms with van der Waals surface area (Å²) in [4.78, 5) is 2.74. The molecular weight excluding hydrogens is 180 g/mol. The Morgan fingerprint density at radius 1 is 1.64 bits per heavy atom. The van der Waals surface area contributed by atoms with Crippen molar-refractivity contribution < 1.29 is 42.7 Å². The Kier molecular flexibility index (Phi) is 5.03. The topological polar surface area (TPSA) is 53.0 Å². The summed E-state index contributed by atoms with van der Waals surface area (Å²) >= 11 is -2.53. The predicted molar refractivity (Wildman–Crippen MR) is 31.4 cm³/mol. The molecule has 0 spiro atoms. The molecule has 1 atom stereocenters. The molecule has 0 radical (unpaired) electrons. The van der Waals surface area contributed by atoms with E-state index in [1.165, 1.54) is 12.3 Å². The molecule has 0 saturated heterocycles. The van der Waals surface area contributed by atoms with Gasteiger partial charge in [0.25, 0.3) is 0 Å². The maximum Gasteiger partial charge on any atom is 1.00 e. The number of hydrogen-bond acceptors (Lipinski definition) is 3. The van der Waals surface area contributed by atoms with Crippen molar-refractivity contribution in [1.29, 1.82) is 0 Å². The fraction of sp³-hybridized carbons (Fsp3) is 0. The Labute approximate surface area is 87.6 Å². The summed E-state index contributed by atoms with van der Waals surface area (Å²) in [5.74, 6) is -0.962. The molecule has 0 amide bonds. The van der Waals surface area contributed by atoms with E-state index in [0.717, 1.165) is 6.07 Å². The van der Waals surface area contributed by atoms with Gasteiger partial charge in [-0.05, 0) is 23.2 Å². The Bertz CT molecular complexity index is 270. The molecule has 1 rings (SSSR count). The Morgan fingerprint density at radius 3 is 2.64 bits per heavy atom. The van der Waals surface area contributed by atoms with Crippen LogP contribution in [0.1, 0.15) is 0 Å². The van der Waals surface area contributed by atoms with Crippen LogP contribution >= 0.6 is 0 Å². The van der Waals surface area contributed by atoms with E-state index in [4.69, 9.17) is 0 Å². The van der Waals surface area contributed by atoms with E-state index in [1.807, 2.05) is 0 Å².